The van der Waals surface area contributed by atoms with Crippen molar-refractivity contribution < 1.29 is 19.2 Å². The molecular weight excluding hydrogens is 513 g/mol. The van der Waals surface area contributed by atoms with E-state index < -0.39 is 10.8 Å². The van der Waals surface area contributed by atoms with E-state index in [2.05, 4.69) is 27.9 Å². The van der Waals surface area contributed by atoms with Crippen LogP contribution < -0.4 is 14.8 Å². The summed E-state index contributed by atoms with van der Waals surface area (Å²) in [5, 5.41) is 23.0. The van der Waals surface area contributed by atoms with Gasteiger partial charge in [-0.05, 0) is 72.7 Å². The van der Waals surface area contributed by atoms with Gasteiger partial charge >= 0.3 is 0 Å². The van der Waals surface area contributed by atoms with Gasteiger partial charge in [-0.3, -0.25) is 14.9 Å². The van der Waals surface area contributed by atoms with Gasteiger partial charge in [0.15, 0.2) is 11.5 Å². The van der Waals surface area contributed by atoms with Crippen molar-refractivity contribution in [1.82, 2.24) is 5.32 Å². The number of nitro benzene ring substituents is 1. The van der Waals surface area contributed by atoms with Crippen LogP contribution in [0.2, 0.25) is 0 Å². The number of carbonyl (C=O) groups excluding carboxylic acids is 1. The van der Waals surface area contributed by atoms with Crippen LogP contribution in [0.3, 0.4) is 0 Å². The highest BCUT2D eigenvalue weighted by molar-refractivity contribution is 14.1. The molecule has 0 atom stereocenters. The predicted octanol–water partition coefficient (Wildman–Crippen LogP) is 4.61. The van der Waals surface area contributed by atoms with Crippen LogP contribution in [0, 0.1) is 25.0 Å². The molecule has 1 amide bonds. The third-order valence-electron chi connectivity index (χ3n) is 3.93. The van der Waals surface area contributed by atoms with E-state index in [1.807, 2.05) is 26.8 Å². The first-order valence-corrected chi connectivity index (χ1v) is 10.6. The first kappa shape index (κ1) is 24.1. The summed E-state index contributed by atoms with van der Waals surface area (Å²) in [5.74, 6) is 0.486. The van der Waals surface area contributed by atoms with Crippen molar-refractivity contribution in [2.45, 2.75) is 33.4 Å². The SMILES string of the molecule is CCOc1cc(/C=C(/C#N)C(=O)NC(C)C)cc(I)c1OCc1cccc([N+](=O)[O-])c1. The normalized spacial score (nSPS) is 11.0. The van der Waals surface area contributed by atoms with E-state index in [1.165, 1.54) is 18.2 Å². The standard InChI is InChI=1S/C22H22IN3O5/c1-4-30-20-11-16(8-17(12-24)22(27)25-14(2)3)10-19(23)21(20)31-13-15-6-5-7-18(9-15)26(28)29/h5-11,14H,4,13H2,1-3H3,(H,25,27)/b17-8-. The summed E-state index contributed by atoms with van der Waals surface area (Å²) in [6.07, 6.45) is 1.49. The van der Waals surface area contributed by atoms with Crippen LogP contribution in [0.4, 0.5) is 5.69 Å². The van der Waals surface area contributed by atoms with Crippen LogP contribution in [0.15, 0.2) is 42.0 Å². The number of benzene rings is 2. The fraction of sp³-hybridized carbons (Fsp3) is 0.273. The van der Waals surface area contributed by atoms with E-state index >= 15 is 0 Å². The Bertz CT molecular complexity index is 1040. The molecule has 2 aromatic carbocycles. The number of hydrogen-bond acceptors (Lipinski definition) is 6. The maximum Gasteiger partial charge on any atom is 0.269 e. The van der Waals surface area contributed by atoms with E-state index in [1.54, 1.807) is 24.3 Å². The number of nitrogens with one attached hydrogen (secondary N) is 1. The Hall–Kier alpha value is -3.13. The lowest BCUT2D eigenvalue weighted by atomic mass is 10.1. The van der Waals surface area contributed by atoms with Crippen molar-refractivity contribution in [2.24, 2.45) is 0 Å². The molecule has 31 heavy (non-hydrogen) atoms. The van der Waals surface area contributed by atoms with E-state index in [4.69, 9.17) is 9.47 Å². The maximum atomic E-state index is 12.2. The third-order valence-corrected chi connectivity index (χ3v) is 4.73. The van der Waals surface area contributed by atoms with Gasteiger partial charge in [-0.1, -0.05) is 12.1 Å². The summed E-state index contributed by atoms with van der Waals surface area (Å²) in [4.78, 5) is 22.7. The average molecular weight is 535 g/mol. The number of rotatable bonds is 9. The molecule has 0 fully saturated rings. The van der Waals surface area contributed by atoms with E-state index in [9.17, 15) is 20.2 Å². The molecule has 0 bridgehead atoms. The Kier molecular flexibility index (Phi) is 8.81. The number of hydrogen-bond donors (Lipinski definition) is 1. The molecule has 0 aliphatic carbocycles. The number of nitriles is 1. The lowest BCUT2D eigenvalue weighted by molar-refractivity contribution is -0.384. The van der Waals surface area contributed by atoms with Crippen molar-refractivity contribution in [1.29, 1.82) is 5.26 Å². The summed E-state index contributed by atoms with van der Waals surface area (Å²) < 4.78 is 12.3. The molecule has 0 saturated heterocycles. The van der Waals surface area contributed by atoms with Gasteiger partial charge in [0.1, 0.15) is 18.2 Å². The highest BCUT2D eigenvalue weighted by Crippen LogP contribution is 2.35. The van der Waals surface area contributed by atoms with Gasteiger partial charge in [-0.25, -0.2) is 0 Å². The number of carbonyl (C=O) groups is 1. The van der Waals surface area contributed by atoms with Crippen LogP contribution in [0.1, 0.15) is 31.9 Å². The molecule has 0 saturated carbocycles. The zero-order chi connectivity index (χ0) is 23.0. The zero-order valence-corrected chi connectivity index (χ0v) is 19.5. The number of halogens is 1. The molecule has 0 aliphatic rings. The molecule has 9 heteroatoms. The second kappa shape index (κ2) is 11.3. The molecule has 8 nitrogen and oxygen atoms in total. The third kappa shape index (κ3) is 6.96. The van der Waals surface area contributed by atoms with Gasteiger partial charge in [0.05, 0.1) is 15.1 Å². The van der Waals surface area contributed by atoms with Crippen molar-refractivity contribution in [3.05, 3.63) is 66.8 Å². The van der Waals surface area contributed by atoms with Crippen LogP contribution in [0.25, 0.3) is 6.08 Å². The van der Waals surface area contributed by atoms with Crippen LogP contribution in [-0.2, 0) is 11.4 Å². The molecule has 1 N–H and O–H groups in total. The number of amides is 1. The molecule has 0 spiro atoms. The van der Waals surface area contributed by atoms with Gasteiger partial charge in [-0.2, -0.15) is 5.26 Å². The lowest BCUT2D eigenvalue weighted by Crippen LogP contribution is -2.30. The second-order valence-corrected chi connectivity index (χ2v) is 7.94. The second-order valence-electron chi connectivity index (χ2n) is 6.78. The molecule has 0 heterocycles. The molecule has 2 aromatic rings. The minimum atomic E-state index is -0.456. The summed E-state index contributed by atoms with van der Waals surface area (Å²) >= 11 is 2.08. The van der Waals surface area contributed by atoms with Crippen molar-refractivity contribution in [2.75, 3.05) is 6.61 Å². The monoisotopic (exact) mass is 535 g/mol. The Morgan fingerprint density at radius 3 is 2.68 bits per heavy atom. The van der Waals surface area contributed by atoms with Gasteiger partial charge in [0.2, 0.25) is 0 Å². The summed E-state index contributed by atoms with van der Waals surface area (Å²) in [6.45, 7) is 5.96. The Balaban J connectivity index is 2.32. The fourth-order valence-electron chi connectivity index (χ4n) is 2.64. The smallest absolute Gasteiger partial charge is 0.269 e. The molecule has 2 rings (SSSR count). The van der Waals surface area contributed by atoms with Gasteiger partial charge < -0.3 is 14.8 Å². The minimum Gasteiger partial charge on any atom is -0.490 e. The summed E-state index contributed by atoms with van der Waals surface area (Å²) in [6, 6.07) is 11.5. The van der Waals surface area contributed by atoms with Gasteiger partial charge in [0.25, 0.3) is 11.6 Å². The topological polar surface area (TPSA) is 114 Å². The summed E-state index contributed by atoms with van der Waals surface area (Å²) in [5.41, 5.74) is 1.24. The highest BCUT2D eigenvalue weighted by atomic mass is 127. The van der Waals surface area contributed by atoms with Crippen LogP contribution >= 0.6 is 22.6 Å². The van der Waals surface area contributed by atoms with Crippen molar-refractivity contribution in [3.8, 4) is 17.6 Å². The Labute approximate surface area is 194 Å². The Morgan fingerprint density at radius 1 is 1.32 bits per heavy atom. The van der Waals surface area contributed by atoms with Crippen molar-refractivity contribution in [3.63, 3.8) is 0 Å². The fourth-order valence-corrected chi connectivity index (χ4v) is 3.43. The molecule has 0 radical (unpaired) electrons. The van der Waals surface area contributed by atoms with E-state index in [-0.39, 0.29) is 23.9 Å². The first-order chi connectivity index (χ1) is 14.7. The minimum absolute atomic E-state index is 0.00924. The lowest BCUT2D eigenvalue weighted by Gasteiger charge is -2.15. The first-order valence-electron chi connectivity index (χ1n) is 9.50. The molecular formula is C22H22IN3O5. The molecule has 0 aromatic heterocycles. The maximum absolute atomic E-state index is 12.2. The van der Waals surface area contributed by atoms with Crippen molar-refractivity contribution >= 4 is 40.3 Å². The Morgan fingerprint density at radius 2 is 2.06 bits per heavy atom. The molecule has 0 aliphatic heterocycles. The largest absolute Gasteiger partial charge is 0.490 e. The number of nitrogens with zero attached hydrogens (tertiary/aromatic N) is 2. The van der Waals surface area contributed by atoms with Gasteiger partial charge in [0, 0.05) is 18.2 Å². The number of non-ortho nitro benzene ring substituents is 1. The predicted molar refractivity (Wildman–Crippen MR) is 125 cm³/mol. The number of ether oxygens (including phenoxy) is 2. The van der Waals surface area contributed by atoms with Crippen LogP contribution in [-0.4, -0.2) is 23.5 Å². The summed E-state index contributed by atoms with van der Waals surface area (Å²) in [7, 11) is 0. The molecule has 0 unspecified atom stereocenters. The quantitative estimate of drug-likeness (QED) is 0.165. The van der Waals surface area contributed by atoms with Crippen LogP contribution in [0.5, 0.6) is 11.5 Å². The van der Waals surface area contributed by atoms with E-state index in [0.29, 0.717) is 32.8 Å². The van der Waals surface area contributed by atoms with E-state index in [0.717, 1.165) is 0 Å². The van der Waals surface area contributed by atoms with Gasteiger partial charge in [-0.15, -0.1) is 0 Å². The average Bonchev–Trinajstić information content (AvgIpc) is 2.71. The molecule has 162 valence electrons. The highest BCUT2D eigenvalue weighted by Gasteiger charge is 2.15. The number of nitro groups is 1. The zero-order valence-electron chi connectivity index (χ0n) is 17.3.